The van der Waals surface area contributed by atoms with Crippen LogP contribution in [-0.4, -0.2) is 27.7 Å². The minimum atomic E-state index is -0.358. The van der Waals surface area contributed by atoms with E-state index >= 15 is 0 Å². The molecule has 1 atom stereocenters. The third-order valence-electron chi connectivity index (χ3n) is 2.37. The van der Waals surface area contributed by atoms with E-state index in [1.165, 1.54) is 6.33 Å². The maximum Gasteiger partial charge on any atom is 0.137 e. The molecule has 1 aromatic rings. The molecule has 0 aromatic carbocycles. The number of aliphatic hydroxyl groups excluding tert-OH is 1. The van der Waals surface area contributed by atoms with Crippen molar-refractivity contribution in [3.63, 3.8) is 0 Å². The quantitative estimate of drug-likeness (QED) is 0.753. The number of aromatic nitrogens is 2. The van der Waals surface area contributed by atoms with E-state index in [1.54, 1.807) is 0 Å². The van der Waals surface area contributed by atoms with Crippen molar-refractivity contribution >= 4 is 17.4 Å². The smallest absolute Gasteiger partial charge is 0.137 e. The molecule has 0 aliphatic rings. The van der Waals surface area contributed by atoms with Gasteiger partial charge in [-0.15, -0.1) is 0 Å². The predicted octanol–water partition coefficient (Wildman–Crippen LogP) is 2.27. The zero-order valence-electron chi connectivity index (χ0n) is 9.70. The van der Waals surface area contributed by atoms with Crippen LogP contribution in [0, 0.1) is 0 Å². The highest BCUT2D eigenvalue weighted by Gasteiger charge is 2.09. The molecule has 0 aliphatic carbocycles. The van der Waals surface area contributed by atoms with E-state index in [-0.39, 0.29) is 6.10 Å². The van der Waals surface area contributed by atoms with Crippen LogP contribution >= 0.6 is 11.6 Å². The predicted molar refractivity (Wildman–Crippen MR) is 65.8 cm³/mol. The third kappa shape index (κ3) is 3.61. The molecule has 1 unspecified atom stereocenters. The van der Waals surface area contributed by atoms with Crippen LogP contribution in [0.5, 0.6) is 0 Å². The van der Waals surface area contributed by atoms with Gasteiger partial charge < -0.3 is 10.4 Å². The average molecular weight is 244 g/mol. The van der Waals surface area contributed by atoms with Crippen molar-refractivity contribution in [3.05, 3.63) is 17.0 Å². The number of halogens is 1. The third-order valence-corrected chi connectivity index (χ3v) is 2.69. The highest BCUT2D eigenvalue weighted by atomic mass is 35.5. The zero-order valence-corrected chi connectivity index (χ0v) is 10.5. The normalized spacial score (nSPS) is 12.5. The van der Waals surface area contributed by atoms with Gasteiger partial charge in [0, 0.05) is 12.1 Å². The summed E-state index contributed by atoms with van der Waals surface area (Å²) < 4.78 is 0. The van der Waals surface area contributed by atoms with Crippen LogP contribution in [0.2, 0.25) is 5.15 Å². The summed E-state index contributed by atoms with van der Waals surface area (Å²) >= 11 is 6.00. The van der Waals surface area contributed by atoms with Gasteiger partial charge in [-0.3, -0.25) is 0 Å². The van der Waals surface area contributed by atoms with Crippen LogP contribution in [-0.2, 0) is 6.42 Å². The molecule has 0 fully saturated rings. The lowest BCUT2D eigenvalue weighted by molar-refractivity contribution is 0.183. The number of rotatable bonds is 6. The molecular formula is C11H18ClN3O. The average Bonchev–Trinajstić information content (AvgIpc) is 2.29. The number of aliphatic hydroxyl groups is 1. The van der Waals surface area contributed by atoms with Crippen molar-refractivity contribution in [2.24, 2.45) is 0 Å². The molecule has 5 heteroatoms. The van der Waals surface area contributed by atoms with E-state index in [1.807, 2.05) is 6.92 Å². The molecule has 4 nitrogen and oxygen atoms in total. The highest BCUT2D eigenvalue weighted by Crippen LogP contribution is 2.21. The van der Waals surface area contributed by atoms with E-state index in [4.69, 9.17) is 11.6 Å². The molecular weight excluding hydrogens is 226 g/mol. The molecule has 0 amide bonds. The Morgan fingerprint density at radius 1 is 1.44 bits per heavy atom. The minimum absolute atomic E-state index is 0.358. The molecule has 1 rings (SSSR count). The van der Waals surface area contributed by atoms with Crippen LogP contribution in [0.3, 0.4) is 0 Å². The van der Waals surface area contributed by atoms with Gasteiger partial charge in [0.1, 0.15) is 17.3 Å². The molecule has 2 N–H and O–H groups in total. The van der Waals surface area contributed by atoms with Crippen molar-refractivity contribution in [1.82, 2.24) is 9.97 Å². The molecule has 1 aromatic heterocycles. The number of nitrogens with zero attached hydrogens (tertiary/aromatic N) is 2. The molecule has 0 radical (unpaired) electrons. The Labute approximate surface area is 101 Å². The van der Waals surface area contributed by atoms with E-state index in [9.17, 15) is 5.11 Å². The number of hydrogen-bond donors (Lipinski definition) is 2. The fraction of sp³-hybridized carbons (Fsp3) is 0.636. The molecule has 0 bridgehead atoms. The summed E-state index contributed by atoms with van der Waals surface area (Å²) in [6.07, 6.45) is 3.61. The molecule has 0 spiro atoms. The molecule has 0 aliphatic heterocycles. The van der Waals surface area contributed by atoms with Crippen molar-refractivity contribution in [2.75, 3.05) is 11.9 Å². The van der Waals surface area contributed by atoms with Gasteiger partial charge in [-0.25, -0.2) is 9.97 Å². The maximum absolute atomic E-state index is 9.47. The van der Waals surface area contributed by atoms with Gasteiger partial charge >= 0.3 is 0 Å². The molecule has 1 heterocycles. The molecule has 16 heavy (non-hydrogen) atoms. The zero-order chi connectivity index (χ0) is 12.0. The van der Waals surface area contributed by atoms with Gasteiger partial charge in [-0.1, -0.05) is 31.9 Å². The second kappa shape index (κ2) is 6.66. The topological polar surface area (TPSA) is 58.0 Å². The summed E-state index contributed by atoms with van der Waals surface area (Å²) in [5, 5.41) is 13.1. The van der Waals surface area contributed by atoms with Crippen LogP contribution < -0.4 is 5.32 Å². The lowest BCUT2D eigenvalue weighted by Gasteiger charge is -2.13. The number of hydrogen-bond acceptors (Lipinski definition) is 4. The summed E-state index contributed by atoms with van der Waals surface area (Å²) in [6, 6.07) is 0. The van der Waals surface area contributed by atoms with Crippen LogP contribution in [0.25, 0.3) is 0 Å². The Kier molecular flexibility index (Phi) is 5.49. The van der Waals surface area contributed by atoms with E-state index in [0.717, 1.165) is 30.6 Å². The fourth-order valence-corrected chi connectivity index (χ4v) is 1.60. The Bertz CT molecular complexity index is 333. The Morgan fingerprint density at radius 3 is 2.81 bits per heavy atom. The first-order valence-electron chi connectivity index (χ1n) is 5.60. The SMILES string of the molecule is CCCc1c(Cl)ncnc1NCC(O)CC. The van der Waals surface area contributed by atoms with Gasteiger partial charge in [0.2, 0.25) is 0 Å². The first kappa shape index (κ1) is 13.2. The van der Waals surface area contributed by atoms with Crippen molar-refractivity contribution in [3.8, 4) is 0 Å². The lowest BCUT2D eigenvalue weighted by atomic mass is 10.2. The highest BCUT2D eigenvalue weighted by molar-refractivity contribution is 6.30. The Balaban J connectivity index is 2.74. The van der Waals surface area contributed by atoms with E-state index < -0.39 is 0 Å². The Hall–Kier alpha value is -0.870. The lowest BCUT2D eigenvalue weighted by Crippen LogP contribution is -2.19. The standard InChI is InChI=1S/C11H18ClN3O/c1-3-5-9-10(12)14-7-15-11(9)13-6-8(16)4-2/h7-8,16H,3-6H2,1-2H3,(H,13,14,15). The second-order valence-electron chi connectivity index (χ2n) is 3.68. The minimum Gasteiger partial charge on any atom is -0.391 e. The van der Waals surface area contributed by atoms with Gasteiger partial charge in [0.15, 0.2) is 0 Å². The van der Waals surface area contributed by atoms with Crippen molar-refractivity contribution < 1.29 is 5.11 Å². The number of anilines is 1. The van der Waals surface area contributed by atoms with Gasteiger partial charge in [-0.05, 0) is 12.8 Å². The van der Waals surface area contributed by atoms with Gasteiger partial charge in [0.05, 0.1) is 6.10 Å². The first-order valence-corrected chi connectivity index (χ1v) is 5.98. The maximum atomic E-state index is 9.47. The molecule has 90 valence electrons. The summed E-state index contributed by atoms with van der Waals surface area (Å²) in [4.78, 5) is 8.10. The van der Waals surface area contributed by atoms with E-state index in [0.29, 0.717) is 11.7 Å². The summed E-state index contributed by atoms with van der Waals surface area (Å²) in [6.45, 7) is 4.50. The van der Waals surface area contributed by atoms with Crippen LogP contribution in [0.4, 0.5) is 5.82 Å². The van der Waals surface area contributed by atoms with Crippen LogP contribution in [0.1, 0.15) is 32.3 Å². The Morgan fingerprint density at radius 2 is 2.19 bits per heavy atom. The van der Waals surface area contributed by atoms with Gasteiger partial charge in [-0.2, -0.15) is 0 Å². The molecule has 0 saturated heterocycles. The van der Waals surface area contributed by atoms with Crippen molar-refractivity contribution in [1.29, 1.82) is 0 Å². The van der Waals surface area contributed by atoms with E-state index in [2.05, 4.69) is 22.2 Å². The van der Waals surface area contributed by atoms with Crippen LogP contribution in [0.15, 0.2) is 6.33 Å². The largest absolute Gasteiger partial charge is 0.391 e. The fourth-order valence-electron chi connectivity index (χ4n) is 1.37. The monoisotopic (exact) mass is 243 g/mol. The summed E-state index contributed by atoms with van der Waals surface area (Å²) in [7, 11) is 0. The summed E-state index contributed by atoms with van der Waals surface area (Å²) in [5.41, 5.74) is 0.926. The first-order chi connectivity index (χ1) is 7.69. The van der Waals surface area contributed by atoms with Gasteiger partial charge in [0.25, 0.3) is 0 Å². The second-order valence-corrected chi connectivity index (χ2v) is 4.04. The summed E-state index contributed by atoms with van der Waals surface area (Å²) in [5.74, 6) is 0.731. The number of nitrogens with one attached hydrogen (secondary N) is 1. The van der Waals surface area contributed by atoms with Crippen molar-refractivity contribution in [2.45, 2.75) is 39.2 Å². The molecule has 0 saturated carbocycles.